The van der Waals surface area contributed by atoms with Gasteiger partial charge in [0.15, 0.2) is 0 Å². The third kappa shape index (κ3) is 3.03. The van der Waals surface area contributed by atoms with Gasteiger partial charge in [-0.3, -0.25) is 9.78 Å². The van der Waals surface area contributed by atoms with Crippen LogP contribution in [0, 0.1) is 5.92 Å². The number of pyridine rings is 1. The predicted molar refractivity (Wildman–Crippen MR) is 59.9 cm³/mol. The van der Waals surface area contributed by atoms with Gasteiger partial charge < -0.3 is 10.4 Å². The molecule has 4 nitrogen and oxygen atoms in total. The molecule has 0 bridgehead atoms. The Morgan fingerprint density at radius 2 is 2.38 bits per heavy atom. The van der Waals surface area contributed by atoms with Crippen LogP contribution in [-0.4, -0.2) is 28.6 Å². The summed E-state index contributed by atoms with van der Waals surface area (Å²) in [6.45, 7) is 0.507. The average Bonchev–Trinajstić information content (AvgIpc) is 3.14. The minimum Gasteiger partial charge on any atom is -0.393 e. The maximum absolute atomic E-state index is 11.6. The molecule has 1 fully saturated rings. The van der Waals surface area contributed by atoms with Gasteiger partial charge in [-0.15, -0.1) is 0 Å². The van der Waals surface area contributed by atoms with E-state index in [1.807, 2.05) is 0 Å². The van der Waals surface area contributed by atoms with Crippen molar-refractivity contribution in [1.29, 1.82) is 0 Å². The van der Waals surface area contributed by atoms with Gasteiger partial charge >= 0.3 is 0 Å². The molecule has 1 aliphatic carbocycles. The number of aromatic nitrogens is 1. The van der Waals surface area contributed by atoms with Crippen LogP contribution in [0.15, 0.2) is 24.4 Å². The van der Waals surface area contributed by atoms with E-state index in [0.717, 1.165) is 12.8 Å². The van der Waals surface area contributed by atoms with E-state index in [1.54, 1.807) is 24.4 Å². The fourth-order valence-corrected chi connectivity index (χ4v) is 1.64. The lowest BCUT2D eigenvalue weighted by atomic mass is 10.1. The highest BCUT2D eigenvalue weighted by atomic mass is 16.3. The standard InChI is InChI=1S/C12H16N2O2/c15-11(9-4-5-9)6-8-14-12(16)10-3-1-2-7-13-10/h1-3,7,9,11,15H,4-6,8H2,(H,14,16)/t11-/m1/s1. The summed E-state index contributed by atoms with van der Waals surface area (Å²) in [6, 6.07) is 5.22. The van der Waals surface area contributed by atoms with Crippen LogP contribution in [0.2, 0.25) is 0 Å². The number of nitrogens with one attached hydrogen (secondary N) is 1. The van der Waals surface area contributed by atoms with E-state index in [2.05, 4.69) is 10.3 Å². The lowest BCUT2D eigenvalue weighted by Gasteiger charge is -2.09. The smallest absolute Gasteiger partial charge is 0.269 e. The molecule has 4 heteroatoms. The highest BCUT2D eigenvalue weighted by Gasteiger charge is 2.29. The van der Waals surface area contributed by atoms with E-state index in [4.69, 9.17) is 0 Å². The van der Waals surface area contributed by atoms with Crippen LogP contribution in [0.3, 0.4) is 0 Å². The minimum absolute atomic E-state index is 0.177. The van der Waals surface area contributed by atoms with E-state index < -0.39 is 0 Å². The second-order valence-corrected chi connectivity index (χ2v) is 4.16. The summed E-state index contributed by atoms with van der Waals surface area (Å²) >= 11 is 0. The summed E-state index contributed by atoms with van der Waals surface area (Å²) in [5.74, 6) is 0.287. The average molecular weight is 220 g/mol. The Bertz CT molecular complexity index is 349. The predicted octanol–water partition coefficient (Wildman–Crippen LogP) is 0.972. The van der Waals surface area contributed by atoms with E-state index >= 15 is 0 Å². The lowest BCUT2D eigenvalue weighted by molar-refractivity contribution is 0.0932. The van der Waals surface area contributed by atoms with Crippen LogP contribution < -0.4 is 5.32 Å². The number of aliphatic hydroxyl groups excluding tert-OH is 1. The fourth-order valence-electron chi connectivity index (χ4n) is 1.64. The molecule has 2 N–H and O–H groups in total. The zero-order valence-electron chi connectivity index (χ0n) is 9.10. The quantitative estimate of drug-likeness (QED) is 0.777. The molecule has 0 saturated heterocycles. The normalized spacial score (nSPS) is 16.8. The van der Waals surface area contributed by atoms with Gasteiger partial charge in [-0.1, -0.05) is 6.07 Å². The summed E-state index contributed by atoms with van der Waals surface area (Å²) < 4.78 is 0. The number of rotatable bonds is 5. The number of carbonyl (C=O) groups is 1. The molecule has 16 heavy (non-hydrogen) atoms. The molecule has 2 rings (SSSR count). The summed E-state index contributed by atoms with van der Waals surface area (Å²) in [5, 5.41) is 12.4. The van der Waals surface area contributed by atoms with Crippen molar-refractivity contribution < 1.29 is 9.90 Å². The van der Waals surface area contributed by atoms with Crippen LogP contribution in [0.4, 0.5) is 0 Å². The van der Waals surface area contributed by atoms with Gasteiger partial charge in [0.25, 0.3) is 5.91 Å². The first kappa shape index (κ1) is 11.1. The zero-order chi connectivity index (χ0) is 11.4. The van der Waals surface area contributed by atoms with Gasteiger partial charge in [-0.25, -0.2) is 0 Å². The zero-order valence-corrected chi connectivity index (χ0v) is 9.10. The van der Waals surface area contributed by atoms with Crippen molar-refractivity contribution >= 4 is 5.91 Å². The molecule has 1 saturated carbocycles. The molecular weight excluding hydrogens is 204 g/mol. The molecule has 86 valence electrons. The highest BCUT2D eigenvalue weighted by Crippen LogP contribution is 2.33. The monoisotopic (exact) mass is 220 g/mol. The molecule has 1 aliphatic rings. The summed E-state index contributed by atoms with van der Waals surface area (Å²) in [6.07, 6.45) is 4.20. The number of aliphatic hydroxyl groups is 1. The van der Waals surface area contributed by atoms with Gasteiger partial charge in [0.2, 0.25) is 0 Å². The third-order valence-corrected chi connectivity index (χ3v) is 2.79. The first-order valence-corrected chi connectivity index (χ1v) is 5.64. The van der Waals surface area contributed by atoms with Crippen LogP contribution in [0.25, 0.3) is 0 Å². The Kier molecular flexibility index (Phi) is 3.51. The van der Waals surface area contributed by atoms with Gasteiger partial charge in [-0.05, 0) is 37.3 Å². The Morgan fingerprint density at radius 3 is 3.00 bits per heavy atom. The van der Waals surface area contributed by atoms with Crippen molar-refractivity contribution in [3.63, 3.8) is 0 Å². The summed E-state index contributed by atoms with van der Waals surface area (Å²) in [4.78, 5) is 15.5. The molecule has 0 spiro atoms. The Balaban J connectivity index is 1.71. The second-order valence-electron chi connectivity index (χ2n) is 4.16. The van der Waals surface area contributed by atoms with E-state index in [-0.39, 0.29) is 12.0 Å². The Labute approximate surface area is 94.7 Å². The molecule has 0 unspecified atom stereocenters. The van der Waals surface area contributed by atoms with Crippen LogP contribution in [0.1, 0.15) is 29.8 Å². The van der Waals surface area contributed by atoms with Gasteiger partial charge in [-0.2, -0.15) is 0 Å². The van der Waals surface area contributed by atoms with E-state index in [9.17, 15) is 9.90 Å². The molecule has 1 atom stereocenters. The summed E-state index contributed by atoms with van der Waals surface area (Å²) in [7, 11) is 0. The van der Waals surface area contributed by atoms with Crippen molar-refractivity contribution in [3.05, 3.63) is 30.1 Å². The molecule has 0 aromatic carbocycles. The lowest BCUT2D eigenvalue weighted by Crippen LogP contribution is -2.28. The SMILES string of the molecule is O=C(NCC[C@@H](O)C1CC1)c1ccccn1. The molecular formula is C12H16N2O2. The van der Waals surface area contributed by atoms with Crippen molar-refractivity contribution in [2.75, 3.05) is 6.54 Å². The number of nitrogens with zero attached hydrogens (tertiary/aromatic N) is 1. The molecule has 0 aliphatic heterocycles. The number of amides is 1. The maximum Gasteiger partial charge on any atom is 0.269 e. The molecule has 1 aromatic rings. The van der Waals surface area contributed by atoms with E-state index in [0.29, 0.717) is 24.6 Å². The third-order valence-electron chi connectivity index (χ3n) is 2.79. The largest absolute Gasteiger partial charge is 0.393 e. The number of carbonyl (C=O) groups excluding carboxylic acids is 1. The van der Waals surface area contributed by atoms with E-state index in [1.165, 1.54) is 0 Å². The van der Waals surface area contributed by atoms with Crippen molar-refractivity contribution in [3.8, 4) is 0 Å². The highest BCUT2D eigenvalue weighted by molar-refractivity contribution is 5.92. The Morgan fingerprint density at radius 1 is 1.56 bits per heavy atom. The van der Waals surface area contributed by atoms with Crippen molar-refractivity contribution in [2.45, 2.75) is 25.4 Å². The first-order valence-electron chi connectivity index (χ1n) is 5.64. The van der Waals surface area contributed by atoms with Gasteiger partial charge in [0.05, 0.1) is 6.10 Å². The number of hydrogen-bond donors (Lipinski definition) is 2. The topological polar surface area (TPSA) is 62.2 Å². The Hall–Kier alpha value is -1.42. The van der Waals surface area contributed by atoms with Crippen molar-refractivity contribution in [1.82, 2.24) is 10.3 Å². The van der Waals surface area contributed by atoms with Crippen LogP contribution in [-0.2, 0) is 0 Å². The second kappa shape index (κ2) is 5.07. The summed E-state index contributed by atoms with van der Waals surface area (Å²) in [5.41, 5.74) is 0.420. The molecule has 1 heterocycles. The fraction of sp³-hybridized carbons (Fsp3) is 0.500. The van der Waals surface area contributed by atoms with Gasteiger partial charge in [0.1, 0.15) is 5.69 Å². The molecule has 1 aromatic heterocycles. The minimum atomic E-state index is -0.260. The molecule has 0 radical (unpaired) electrons. The van der Waals surface area contributed by atoms with Crippen LogP contribution >= 0.6 is 0 Å². The number of hydrogen-bond acceptors (Lipinski definition) is 3. The van der Waals surface area contributed by atoms with Gasteiger partial charge in [0, 0.05) is 12.7 Å². The first-order chi connectivity index (χ1) is 7.77. The molecule has 1 amide bonds. The van der Waals surface area contributed by atoms with Crippen molar-refractivity contribution in [2.24, 2.45) is 5.92 Å². The van der Waals surface area contributed by atoms with Crippen LogP contribution in [0.5, 0.6) is 0 Å². The maximum atomic E-state index is 11.6.